The predicted molar refractivity (Wildman–Crippen MR) is 110 cm³/mol. The Kier molecular flexibility index (Phi) is 3.55. The molecule has 0 aliphatic rings. The Morgan fingerprint density at radius 1 is 0.500 bits per heavy atom. The van der Waals surface area contributed by atoms with E-state index in [1.54, 1.807) is 0 Å². The number of halogens is 1. The second-order valence-corrected chi connectivity index (χ2v) is 6.83. The molecule has 2 heteroatoms. The standard InChI is InChI=1S/C24H15ClO/c25-20-10-6-17(7-11-20)19-9-13-24-22(15-19)21-14-18(8-12-23(21)26-24)16-4-2-1-3-5-16/h1-15H. The van der Waals surface area contributed by atoms with Crippen molar-refractivity contribution < 1.29 is 4.42 Å². The Bertz CT molecular complexity index is 1220. The molecule has 0 radical (unpaired) electrons. The third-order valence-corrected chi connectivity index (χ3v) is 5.01. The van der Waals surface area contributed by atoms with Gasteiger partial charge < -0.3 is 4.42 Å². The van der Waals surface area contributed by atoms with Gasteiger partial charge in [-0.05, 0) is 58.7 Å². The van der Waals surface area contributed by atoms with Gasteiger partial charge in [0, 0.05) is 15.8 Å². The van der Waals surface area contributed by atoms with Crippen LogP contribution >= 0.6 is 11.6 Å². The van der Waals surface area contributed by atoms with E-state index in [0.29, 0.717) is 0 Å². The van der Waals surface area contributed by atoms with Crippen LogP contribution in [0.2, 0.25) is 5.02 Å². The van der Waals surface area contributed by atoms with E-state index in [1.165, 1.54) is 11.1 Å². The number of hydrogen-bond donors (Lipinski definition) is 0. The van der Waals surface area contributed by atoms with Crippen molar-refractivity contribution in [2.45, 2.75) is 0 Å². The summed E-state index contributed by atoms with van der Waals surface area (Å²) >= 11 is 6.02. The highest BCUT2D eigenvalue weighted by molar-refractivity contribution is 6.30. The van der Waals surface area contributed by atoms with Gasteiger partial charge in [-0.25, -0.2) is 0 Å². The molecule has 0 bridgehead atoms. The molecule has 0 N–H and O–H groups in total. The Morgan fingerprint density at radius 3 is 1.58 bits per heavy atom. The van der Waals surface area contributed by atoms with E-state index in [0.717, 1.165) is 38.1 Å². The van der Waals surface area contributed by atoms with Gasteiger partial charge in [-0.2, -0.15) is 0 Å². The van der Waals surface area contributed by atoms with E-state index >= 15 is 0 Å². The highest BCUT2D eigenvalue weighted by Gasteiger charge is 2.10. The van der Waals surface area contributed by atoms with E-state index in [9.17, 15) is 0 Å². The fourth-order valence-corrected chi connectivity index (χ4v) is 3.54. The quantitative estimate of drug-likeness (QED) is 0.318. The predicted octanol–water partition coefficient (Wildman–Crippen LogP) is 7.57. The van der Waals surface area contributed by atoms with Gasteiger partial charge in [-0.1, -0.05) is 66.2 Å². The molecular formula is C24H15ClO. The van der Waals surface area contributed by atoms with E-state index in [4.69, 9.17) is 16.0 Å². The number of hydrogen-bond acceptors (Lipinski definition) is 1. The van der Waals surface area contributed by atoms with Crippen molar-refractivity contribution in [2.24, 2.45) is 0 Å². The van der Waals surface area contributed by atoms with Gasteiger partial charge >= 0.3 is 0 Å². The van der Waals surface area contributed by atoms with Crippen LogP contribution in [0.3, 0.4) is 0 Å². The minimum atomic E-state index is 0.746. The van der Waals surface area contributed by atoms with Crippen LogP contribution in [-0.2, 0) is 0 Å². The van der Waals surface area contributed by atoms with E-state index in [2.05, 4.69) is 54.6 Å². The second-order valence-electron chi connectivity index (χ2n) is 6.40. The molecular weight excluding hydrogens is 340 g/mol. The highest BCUT2D eigenvalue weighted by atomic mass is 35.5. The third-order valence-electron chi connectivity index (χ3n) is 4.75. The van der Waals surface area contributed by atoms with E-state index < -0.39 is 0 Å². The minimum Gasteiger partial charge on any atom is -0.456 e. The van der Waals surface area contributed by atoms with Crippen LogP contribution in [0.1, 0.15) is 0 Å². The maximum absolute atomic E-state index is 6.03. The molecule has 0 unspecified atom stereocenters. The first-order valence-corrected chi connectivity index (χ1v) is 8.93. The van der Waals surface area contributed by atoms with Gasteiger partial charge in [-0.3, -0.25) is 0 Å². The molecule has 1 heterocycles. The van der Waals surface area contributed by atoms with Crippen LogP contribution in [0, 0.1) is 0 Å². The molecule has 1 aromatic heterocycles. The molecule has 124 valence electrons. The zero-order chi connectivity index (χ0) is 17.5. The van der Waals surface area contributed by atoms with Crippen molar-refractivity contribution in [3.8, 4) is 22.3 Å². The molecule has 26 heavy (non-hydrogen) atoms. The highest BCUT2D eigenvalue weighted by Crippen LogP contribution is 2.35. The first-order valence-electron chi connectivity index (χ1n) is 8.56. The Morgan fingerprint density at radius 2 is 1.00 bits per heavy atom. The molecule has 0 aliphatic heterocycles. The number of rotatable bonds is 2. The zero-order valence-corrected chi connectivity index (χ0v) is 14.7. The average molecular weight is 355 g/mol. The van der Waals surface area contributed by atoms with Crippen molar-refractivity contribution in [1.82, 2.24) is 0 Å². The smallest absolute Gasteiger partial charge is 0.135 e. The van der Waals surface area contributed by atoms with Crippen LogP contribution < -0.4 is 0 Å². The van der Waals surface area contributed by atoms with Crippen molar-refractivity contribution in [3.05, 3.63) is 96.0 Å². The van der Waals surface area contributed by atoms with Crippen molar-refractivity contribution in [3.63, 3.8) is 0 Å². The Labute approximate surface area is 156 Å². The van der Waals surface area contributed by atoms with Gasteiger partial charge in [0.2, 0.25) is 0 Å². The number of benzene rings is 4. The second kappa shape index (κ2) is 6.05. The van der Waals surface area contributed by atoms with E-state index in [1.807, 2.05) is 36.4 Å². The maximum Gasteiger partial charge on any atom is 0.135 e. The van der Waals surface area contributed by atoms with Crippen molar-refractivity contribution >= 4 is 33.5 Å². The lowest BCUT2D eigenvalue weighted by atomic mass is 10.0. The van der Waals surface area contributed by atoms with Gasteiger partial charge in [0.25, 0.3) is 0 Å². The molecule has 0 atom stereocenters. The molecule has 0 saturated carbocycles. The summed E-state index contributed by atoms with van der Waals surface area (Å²) in [6, 6.07) is 31.0. The summed E-state index contributed by atoms with van der Waals surface area (Å²) in [5.41, 5.74) is 6.51. The van der Waals surface area contributed by atoms with Crippen LogP contribution in [0.5, 0.6) is 0 Å². The summed E-state index contributed by atoms with van der Waals surface area (Å²) in [6.07, 6.45) is 0. The monoisotopic (exact) mass is 354 g/mol. The van der Waals surface area contributed by atoms with Crippen LogP contribution in [-0.4, -0.2) is 0 Å². The van der Waals surface area contributed by atoms with Gasteiger partial charge in [0.05, 0.1) is 0 Å². The summed E-state index contributed by atoms with van der Waals surface area (Å²) in [5.74, 6) is 0. The van der Waals surface area contributed by atoms with Crippen LogP contribution in [0.15, 0.2) is 95.4 Å². The lowest BCUT2D eigenvalue weighted by Gasteiger charge is -2.03. The summed E-state index contributed by atoms with van der Waals surface area (Å²) in [7, 11) is 0. The molecule has 5 aromatic rings. The molecule has 0 fully saturated rings. The molecule has 0 saturated heterocycles. The minimum absolute atomic E-state index is 0.746. The van der Waals surface area contributed by atoms with Gasteiger partial charge in [-0.15, -0.1) is 0 Å². The molecule has 4 aromatic carbocycles. The van der Waals surface area contributed by atoms with Crippen molar-refractivity contribution in [1.29, 1.82) is 0 Å². The Balaban J connectivity index is 1.71. The summed E-state index contributed by atoms with van der Waals surface area (Å²) < 4.78 is 6.03. The number of furan rings is 1. The SMILES string of the molecule is Clc1ccc(-c2ccc3oc4ccc(-c5ccccc5)cc4c3c2)cc1. The lowest BCUT2D eigenvalue weighted by molar-refractivity contribution is 0.669. The van der Waals surface area contributed by atoms with Crippen LogP contribution in [0.4, 0.5) is 0 Å². The first-order chi connectivity index (χ1) is 12.8. The van der Waals surface area contributed by atoms with Gasteiger partial charge in [0.1, 0.15) is 11.2 Å². The topological polar surface area (TPSA) is 13.1 Å². The average Bonchev–Trinajstić information content (AvgIpc) is 3.06. The molecule has 5 rings (SSSR count). The molecule has 0 aliphatic carbocycles. The summed E-state index contributed by atoms with van der Waals surface area (Å²) in [6.45, 7) is 0. The molecule has 1 nitrogen and oxygen atoms in total. The van der Waals surface area contributed by atoms with Gasteiger partial charge in [0.15, 0.2) is 0 Å². The third kappa shape index (κ3) is 2.58. The summed E-state index contributed by atoms with van der Waals surface area (Å²) in [5, 5.41) is 3.01. The number of fused-ring (bicyclic) bond motifs is 3. The fourth-order valence-electron chi connectivity index (χ4n) is 3.41. The maximum atomic E-state index is 6.03. The van der Waals surface area contributed by atoms with Crippen LogP contribution in [0.25, 0.3) is 44.2 Å². The normalized spacial score (nSPS) is 11.3. The fraction of sp³-hybridized carbons (Fsp3) is 0. The van der Waals surface area contributed by atoms with Crippen molar-refractivity contribution in [2.75, 3.05) is 0 Å². The molecule has 0 spiro atoms. The zero-order valence-electron chi connectivity index (χ0n) is 13.9. The Hall–Kier alpha value is -3.03. The summed E-state index contributed by atoms with van der Waals surface area (Å²) in [4.78, 5) is 0. The largest absolute Gasteiger partial charge is 0.456 e. The first kappa shape index (κ1) is 15.2. The van der Waals surface area contributed by atoms with E-state index in [-0.39, 0.29) is 0 Å². The lowest BCUT2D eigenvalue weighted by Crippen LogP contribution is -1.78. The molecule has 0 amide bonds.